The summed E-state index contributed by atoms with van der Waals surface area (Å²) in [4.78, 5) is 33.6. The highest BCUT2D eigenvalue weighted by atomic mass is 16.6. The van der Waals surface area contributed by atoms with Gasteiger partial charge in [0.1, 0.15) is 18.2 Å². The van der Waals surface area contributed by atoms with Crippen LogP contribution in [0.5, 0.6) is 0 Å². The highest BCUT2D eigenvalue weighted by molar-refractivity contribution is 6.02. The zero-order valence-corrected chi connectivity index (χ0v) is 13.7. The number of hydrogen-bond acceptors (Lipinski definition) is 6. The van der Waals surface area contributed by atoms with Gasteiger partial charge < -0.3 is 9.73 Å². The molecule has 0 aliphatic heterocycles. The fourth-order valence-electron chi connectivity index (χ4n) is 2.26. The molecule has 0 unspecified atom stereocenters. The van der Waals surface area contributed by atoms with E-state index in [-0.39, 0.29) is 23.8 Å². The van der Waals surface area contributed by atoms with E-state index in [9.17, 15) is 19.7 Å². The van der Waals surface area contributed by atoms with E-state index in [2.05, 4.69) is 10.4 Å². The molecule has 0 aliphatic rings. The summed E-state index contributed by atoms with van der Waals surface area (Å²) in [5.74, 6) is 0.0213. The summed E-state index contributed by atoms with van der Waals surface area (Å²) in [5.41, 5.74) is 0.959. The van der Waals surface area contributed by atoms with Gasteiger partial charge in [0.25, 0.3) is 5.91 Å². The van der Waals surface area contributed by atoms with Crippen LogP contribution >= 0.6 is 0 Å². The van der Waals surface area contributed by atoms with Crippen LogP contribution in [0.3, 0.4) is 0 Å². The molecule has 2 aromatic heterocycles. The van der Waals surface area contributed by atoms with Crippen molar-refractivity contribution in [3.8, 4) is 0 Å². The van der Waals surface area contributed by atoms with E-state index in [1.807, 2.05) is 0 Å². The summed E-state index contributed by atoms with van der Waals surface area (Å²) < 4.78 is 6.80. The molecule has 9 heteroatoms. The van der Waals surface area contributed by atoms with Crippen LogP contribution in [0.1, 0.15) is 33.6 Å². The largest absolute Gasteiger partial charge is 0.454 e. The van der Waals surface area contributed by atoms with Crippen LogP contribution in [-0.2, 0) is 6.54 Å². The van der Waals surface area contributed by atoms with Crippen molar-refractivity contribution in [2.75, 3.05) is 5.32 Å². The number of nitro groups is 1. The van der Waals surface area contributed by atoms with Gasteiger partial charge in [0.2, 0.25) is 0 Å². The minimum Gasteiger partial charge on any atom is -0.454 e. The summed E-state index contributed by atoms with van der Waals surface area (Å²) in [7, 11) is 0. The minimum absolute atomic E-state index is 0.0580. The number of carbonyl (C=O) groups is 2. The predicted octanol–water partition coefficient (Wildman–Crippen LogP) is 2.89. The Balaban J connectivity index is 1.65. The zero-order chi connectivity index (χ0) is 18.7. The maximum absolute atomic E-state index is 12.2. The van der Waals surface area contributed by atoms with E-state index in [0.717, 1.165) is 6.20 Å². The summed E-state index contributed by atoms with van der Waals surface area (Å²) in [6.07, 6.45) is 2.42. The van der Waals surface area contributed by atoms with Crippen LogP contribution in [0.2, 0.25) is 0 Å². The quantitative estimate of drug-likeness (QED) is 0.413. The van der Waals surface area contributed by atoms with Crippen molar-refractivity contribution in [1.29, 1.82) is 0 Å². The number of rotatable bonds is 6. The molecule has 1 amide bonds. The topological polar surface area (TPSA) is 120 Å². The van der Waals surface area contributed by atoms with Crippen LogP contribution in [0, 0.1) is 10.1 Å². The van der Waals surface area contributed by atoms with Gasteiger partial charge >= 0.3 is 5.69 Å². The fraction of sp³-hybridized carbons (Fsp3) is 0.118. The summed E-state index contributed by atoms with van der Waals surface area (Å²) in [6.45, 7) is 1.63. The van der Waals surface area contributed by atoms with Crippen LogP contribution in [0.15, 0.2) is 53.2 Å². The molecule has 0 atom stereocenters. The molecule has 0 bridgehead atoms. The smallest absolute Gasteiger partial charge is 0.307 e. The Morgan fingerprint density at radius 2 is 1.96 bits per heavy atom. The van der Waals surface area contributed by atoms with Crippen molar-refractivity contribution in [1.82, 2.24) is 9.78 Å². The number of Topliss-reactive ketones (excluding diaryl/α,β-unsaturated/α-hetero) is 1. The highest BCUT2D eigenvalue weighted by Gasteiger charge is 2.14. The molecular weight excluding hydrogens is 340 g/mol. The predicted molar refractivity (Wildman–Crippen MR) is 91.1 cm³/mol. The molecule has 0 radical (unpaired) electrons. The first kappa shape index (κ1) is 17.1. The standard InChI is InChI=1S/C17H14N4O5/c1-11(22)12-2-4-13(5-3-12)19-17(23)16-7-6-15(26-16)10-20-9-14(8-18-20)21(24)25/h2-9H,10H2,1H3,(H,19,23). The van der Waals surface area contributed by atoms with Gasteiger partial charge in [0, 0.05) is 11.3 Å². The Morgan fingerprint density at radius 3 is 2.58 bits per heavy atom. The Morgan fingerprint density at radius 1 is 1.23 bits per heavy atom. The number of nitrogens with zero attached hydrogens (tertiary/aromatic N) is 3. The molecule has 3 rings (SSSR count). The van der Waals surface area contributed by atoms with Crippen LogP contribution in [0.25, 0.3) is 0 Å². The summed E-state index contributed by atoms with van der Waals surface area (Å²) >= 11 is 0. The zero-order valence-electron chi connectivity index (χ0n) is 13.7. The normalized spacial score (nSPS) is 10.5. The molecular formula is C17H14N4O5. The number of hydrogen-bond donors (Lipinski definition) is 1. The molecule has 0 aliphatic carbocycles. The van der Waals surface area contributed by atoms with Crippen molar-refractivity contribution < 1.29 is 18.9 Å². The lowest BCUT2D eigenvalue weighted by atomic mass is 10.1. The first-order valence-electron chi connectivity index (χ1n) is 7.60. The molecule has 26 heavy (non-hydrogen) atoms. The van der Waals surface area contributed by atoms with Crippen LogP contribution < -0.4 is 5.32 Å². The van der Waals surface area contributed by atoms with Crippen LogP contribution in [0.4, 0.5) is 11.4 Å². The van der Waals surface area contributed by atoms with Gasteiger partial charge in [-0.3, -0.25) is 24.4 Å². The lowest BCUT2D eigenvalue weighted by molar-refractivity contribution is -0.385. The molecule has 2 heterocycles. The first-order chi connectivity index (χ1) is 12.4. The molecule has 0 fully saturated rings. The van der Waals surface area contributed by atoms with Crippen molar-refractivity contribution >= 4 is 23.1 Å². The second-order valence-corrected chi connectivity index (χ2v) is 5.51. The number of anilines is 1. The van der Waals surface area contributed by atoms with E-state index in [1.54, 1.807) is 30.3 Å². The van der Waals surface area contributed by atoms with E-state index in [1.165, 1.54) is 23.9 Å². The molecule has 3 aromatic rings. The highest BCUT2D eigenvalue weighted by Crippen LogP contribution is 2.15. The number of furan rings is 1. The fourth-order valence-corrected chi connectivity index (χ4v) is 2.26. The Bertz CT molecular complexity index is 971. The Hall–Kier alpha value is -3.75. The number of amides is 1. The maximum Gasteiger partial charge on any atom is 0.307 e. The third-order valence-electron chi connectivity index (χ3n) is 3.58. The number of carbonyl (C=O) groups excluding carboxylic acids is 2. The van der Waals surface area contributed by atoms with E-state index in [4.69, 9.17) is 4.42 Å². The van der Waals surface area contributed by atoms with Crippen molar-refractivity contribution in [3.63, 3.8) is 0 Å². The average molecular weight is 354 g/mol. The molecule has 0 saturated heterocycles. The monoisotopic (exact) mass is 354 g/mol. The number of aromatic nitrogens is 2. The molecule has 0 saturated carbocycles. The van der Waals surface area contributed by atoms with Gasteiger partial charge in [0.15, 0.2) is 11.5 Å². The van der Waals surface area contributed by atoms with Crippen molar-refractivity contribution in [2.45, 2.75) is 13.5 Å². The lowest BCUT2D eigenvalue weighted by Crippen LogP contribution is -2.11. The SMILES string of the molecule is CC(=O)c1ccc(NC(=O)c2ccc(Cn3cc([N+](=O)[O-])cn3)o2)cc1. The lowest BCUT2D eigenvalue weighted by Gasteiger charge is -2.04. The van der Waals surface area contributed by atoms with E-state index >= 15 is 0 Å². The third-order valence-corrected chi connectivity index (χ3v) is 3.58. The second-order valence-electron chi connectivity index (χ2n) is 5.51. The molecule has 0 spiro atoms. The molecule has 1 N–H and O–H groups in total. The Kier molecular flexibility index (Phi) is 4.61. The average Bonchev–Trinajstić information content (AvgIpc) is 3.25. The number of ketones is 1. The molecule has 1 aromatic carbocycles. The summed E-state index contributed by atoms with van der Waals surface area (Å²) in [5, 5.41) is 17.2. The third kappa shape index (κ3) is 3.83. The van der Waals surface area contributed by atoms with Crippen LogP contribution in [-0.4, -0.2) is 26.4 Å². The van der Waals surface area contributed by atoms with Gasteiger partial charge in [-0.25, -0.2) is 0 Å². The maximum atomic E-state index is 12.2. The molecule has 9 nitrogen and oxygen atoms in total. The Labute approximate surface area is 147 Å². The first-order valence-corrected chi connectivity index (χ1v) is 7.60. The van der Waals surface area contributed by atoms with Crippen molar-refractivity contribution in [3.05, 3.63) is 76.0 Å². The van der Waals surface area contributed by atoms with Gasteiger partial charge in [-0.15, -0.1) is 0 Å². The summed E-state index contributed by atoms with van der Waals surface area (Å²) in [6, 6.07) is 9.60. The van der Waals surface area contributed by atoms with Gasteiger partial charge in [-0.1, -0.05) is 0 Å². The minimum atomic E-state index is -0.540. The van der Waals surface area contributed by atoms with Gasteiger partial charge in [-0.2, -0.15) is 5.10 Å². The number of nitrogens with one attached hydrogen (secondary N) is 1. The van der Waals surface area contributed by atoms with E-state index < -0.39 is 10.8 Å². The molecule has 132 valence electrons. The van der Waals surface area contributed by atoms with Gasteiger partial charge in [-0.05, 0) is 43.3 Å². The van der Waals surface area contributed by atoms with Gasteiger partial charge in [0.05, 0.1) is 11.5 Å². The second kappa shape index (κ2) is 7.01. The van der Waals surface area contributed by atoms with E-state index in [0.29, 0.717) is 17.0 Å². The van der Waals surface area contributed by atoms with Crippen molar-refractivity contribution in [2.24, 2.45) is 0 Å². The number of benzene rings is 1.